The molecule has 0 amide bonds. The SMILES string of the molecule is OC[C@@H]1C(c2ccc3c(c2)OCO3)[C@@H]1CO. The highest BCUT2D eigenvalue weighted by atomic mass is 16.7. The number of rotatable bonds is 3. The molecule has 4 heteroatoms. The fourth-order valence-corrected chi connectivity index (χ4v) is 2.56. The molecule has 0 bridgehead atoms. The van der Waals surface area contributed by atoms with E-state index in [1.54, 1.807) is 0 Å². The van der Waals surface area contributed by atoms with E-state index in [1.165, 1.54) is 0 Å². The zero-order valence-corrected chi connectivity index (χ0v) is 8.80. The number of aliphatic hydroxyl groups excluding tert-OH is 2. The van der Waals surface area contributed by atoms with Crippen LogP contribution in [0, 0.1) is 11.8 Å². The molecule has 86 valence electrons. The number of hydrogen-bond acceptors (Lipinski definition) is 4. The van der Waals surface area contributed by atoms with Gasteiger partial charge in [0.15, 0.2) is 11.5 Å². The zero-order valence-electron chi connectivity index (χ0n) is 8.80. The van der Waals surface area contributed by atoms with Crippen molar-refractivity contribution in [3.63, 3.8) is 0 Å². The maximum absolute atomic E-state index is 9.17. The molecule has 0 spiro atoms. The van der Waals surface area contributed by atoms with Crippen LogP contribution in [0.4, 0.5) is 0 Å². The molecule has 16 heavy (non-hydrogen) atoms. The van der Waals surface area contributed by atoms with Crippen molar-refractivity contribution in [3.05, 3.63) is 23.8 Å². The van der Waals surface area contributed by atoms with Gasteiger partial charge in [-0.2, -0.15) is 0 Å². The van der Waals surface area contributed by atoms with Gasteiger partial charge in [-0.25, -0.2) is 0 Å². The summed E-state index contributed by atoms with van der Waals surface area (Å²) in [6.45, 7) is 0.533. The molecule has 1 saturated carbocycles. The van der Waals surface area contributed by atoms with Crippen molar-refractivity contribution in [2.24, 2.45) is 11.8 Å². The van der Waals surface area contributed by atoms with E-state index in [2.05, 4.69) is 0 Å². The standard InChI is InChI=1S/C12H14O4/c13-4-8-9(5-14)12(8)7-1-2-10-11(3-7)16-6-15-10/h1-3,8-9,12-14H,4-6H2/t8-,9+,12?. The largest absolute Gasteiger partial charge is 0.454 e. The maximum atomic E-state index is 9.17. The second-order valence-electron chi connectivity index (χ2n) is 4.33. The maximum Gasteiger partial charge on any atom is 0.231 e. The summed E-state index contributed by atoms with van der Waals surface area (Å²) >= 11 is 0. The molecular formula is C12H14O4. The Morgan fingerprint density at radius 2 is 1.75 bits per heavy atom. The van der Waals surface area contributed by atoms with Crippen LogP contribution >= 0.6 is 0 Å². The lowest BCUT2D eigenvalue weighted by molar-refractivity contribution is 0.174. The molecule has 4 nitrogen and oxygen atoms in total. The van der Waals surface area contributed by atoms with Crippen molar-refractivity contribution in [1.82, 2.24) is 0 Å². The summed E-state index contributed by atoms with van der Waals surface area (Å²) in [6, 6.07) is 5.82. The Balaban J connectivity index is 1.85. The summed E-state index contributed by atoms with van der Waals surface area (Å²) in [7, 11) is 0. The Labute approximate surface area is 93.4 Å². The van der Waals surface area contributed by atoms with Gasteiger partial charge in [-0.15, -0.1) is 0 Å². The molecule has 0 saturated heterocycles. The van der Waals surface area contributed by atoms with Gasteiger partial charge in [-0.1, -0.05) is 6.07 Å². The predicted molar refractivity (Wildman–Crippen MR) is 56.5 cm³/mol. The Kier molecular flexibility index (Phi) is 2.26. The van der Waals surface area contributed by atoms with E-state index in [0.29, 0.717) is 0 Å². The van der Waals surface area contributed by atoms with Crippen LogP contribution in [0.15, 0.2) is 18.2 Å². The monoisotopic (exact) mass is 222 g/mol. The van der Waals surface area contributed by atoms with Crippen molar-refractivity contribution in [2.75, 3.05) is 20.0 Å². The molecule has 3 atom stereocenters. The third kappa shape index (κ3) is 1.37. The first-order valence-electron chi connectivity index (χ1n) is 5.46. The second-order valence-corrected chi connectivity index (χ2v) is 4.33. The summed E-state index contributed by atoms with van der Waals surface area (Å²) < 4.78 is 10.5. The van der Waals surface area contributed by atoms with Crippen LogP contribution in [-0.2, 0) is 0 Å². The van der Waals surface area contributed by atoms with Crippen LogP contribution in [0.5, 0.6) is 11.5 Å². The topological polar surface area (TPSA) is 58.9 Å². The van der Waals surface area contributed by atoms with E-state index in [9.17, 15) is 0 Å². The minimum atomic E-state index is 0.129. The predicted octanol–water partition coefficient (Wildman–Crippen LogP) is 0.729. The Morgan fingerprint density at radius 3 is 2.44 bits per heavy atom. The first-order chi connectivity index (χ1) is 7.85. The first kappa shape index (κ1) is 9.93. The number of benzene rings is 1. The van der Waals surface area contributed by atoms with Crippen LogP contribution in [0.3, 0.4) is 0 Å². The minimum absolute atomic E-state index is 0.129. The van der Waals surface area contributed by atoms with Gasteiger partial charge in [-0.3, -0.25) is 0 Å². The van der Waals surface area contributed by atoms with Crippen molar-refractivity contribution < 1.29 is 19.7 Å². The van der Waals surface area contributed by atoms with Crippen molar-refractivity contribution in [2.45, 2.75) is 5.92 Å². The van der Waals surface area contributed by atoms with Gasteiger partial charge in [0.05, 0.1) is 0 Å². The van der Waals surface area contributed by atoms with Gasteiger partial charge in [0.2, 0.25) is 6.79 Å². The normalized spacial score (nSPS) is 30.5. The number of aliphatic hydroxyl groups is 2. The van der Waals surface area contributed by atoms with E-state index < -0.39 is 0 Å². The first-order valence-corrected chi connectivity index (χ1v) is 5.46. The second kappa shape index (κ2) is 3.64. The summed E-state index contributed by atoms with van der Waals surface area (Å²) in [5.74, 6) is 2.16. The van der Waals surface area contributed by atoms with E-state index in [0.717, 1.165) is 17.1 Å². The summed E-state index contributed by atoms with van der Waals surface area (Å²) in [6.07, 6.45) is 0. The van der Waals surface area contributed by atoms with E-state index in [1.807, 2.05) is 18.2 Å². The molecule has 1 aromatic carbocycles. The summed E-state index contributed by atoms with van der Waals surface area (Å²) in [5, 5.41) is 18.3. The Bertz CT molecular complexity index is 394. The molecule has 3 rings (SSSR count). The van der Waals surface area contributed by atoms with Crippen molar-refractivity contribution >= 4 is 0 Å². The molecular weight excluding hydrogens is 208 g/mol. The highest BCUT2D eigenvalue weighted by molar-refractivity contribution is 5.47. The highest BCUT2D eigenvalue weighted by Crippen LogP contribution is 2.54. The van der Waals surface area contributed by atoms with Gasteiger partial charge in [0, 0.05) is 13.2 Å². The van der Waals surface area contributed by atoms with Crippen molar-refractivity contribution in [3.8, 4) is 11.5 Å². The van der Waals surface area contributed by atoms with Crippen LogP contribution in [-0.4, -0.2) is 30.2 Å². The lowest BCUT2D eigenvalue weighted by Crippen LogP contribution is -1.93. The Hall–Kier alpha value is -1.26. The lowest BCUT2D eigenvalue weighted by atomic mass is 10.1. The zero-order chi connectivity index (χ0) is 11.1. The third-order valence-corrected chi connectivity index (χ3v) is 3.53. The van der Waals surface area contributed by atoms with Gasteiger partial charge in [0.25, 0.3) is 0 Å². The smallest absolute Gasteiger partial charge is 0.231 e. The molecule has 1 fully saturated rings. The molecule has 1 aliphatic carbocycles. The molecule has 2 aliphatic rings. The fraction of sp³-hybridized carbons (Fsp3) is 0.500. The van der Waals surface area contributed by atoms with Crippen LogP contribution in [0.1, 0.15) is 11.5 Å². The van der Waals surface area contributed by atoms with E-state index in [4.69, 9.17) is 19.7 Å². The summed E-state index contributed by atoms with van der Waals surface area (Å²) in [4.78, 5) is 0. The molecule has 0 radical (unpaired) electrons. The third-order valence-electron chi connectivity index (χ3n) is 3.53. The minimum Gasteiger partial charge on any atom is -0.454 e. The average Bonchev–Trinajstić information content (AvgIpc) is 2.85. The molecule has 1 heterocycles. The summed E-state index contributed by atoms with van der Waals surface area (Å²) in [5.41, 5.74) is 1.11. The quantitative estimate of drug-likeness (QED) is 0.791. The van der Waals surface area contributed by atoms with Gasteiger partial charge >= 0.3 is 0 Å². The molecule has 1 aromatic rings. The van der Waals surface area contributed by atoms with Crippen LogP contribution in [0.25, 0.3) is 0 Å². The van der Waals surface area contributed by atoms with E-state index >= 15 is 0 Å². The number of fused-ring (bicyclic) bond motifs is 1. The van der Waals surface area contributed by atoms with Crippen LogP contribution < -0.4 is 9.47 Å². The molecule has 1 unspecified atom stereocenters. The Morgan fingerprint density at radius 1 is 1.06 bits per heavy atom. The van der Waals surface area contributed by atoms with Gasteiger partial charge < -0.3 is 19.7 Å². The number of hydrogen-bond donors (Lipinski definition) is 2. The molecule has 2 N–H and O–H groups in total. The van der Waals surface area contributed by atoms with Crippen LogP contribution in [0.2, 0.25) is 0 Å². The van der Waals surface area contributed by atoms with Gasteiger partial charge in [-0.05, 0) is 35.4 Å². The molecule has 0 aromatic heterocycles. The lowest BCUT2D eigenvalue weighted by Gasteiger charge is -2.01. The number of ether oxygens (including phenoxy) is 2. The van der Waals surface area contributed by atoms with Crippen molar-refractivity contribution in [1.29, 1.82) is 0 Å². The fourth-order valence-electron chi connectivity index (χ4n) is 2.56. The van der Waals surface area contributed by atoms with E-state index in [-0.39, 0.29) is 37.8 Å². The van der Waals surface area contributed by atoms with Gasteiger partial charge in [0.1, 0.15) is 0 Å². The average molecular weight is 222 g/mol. The highest BCUT2D eigenvalue weighted by Gasteiger charge is 2.50. The molecule has 1 aliphatic heterocycles.